The number of ether oxygens (including phenoxy) is 1. The molecule has 0 aliphatic carbocycles. The lowest BCUT2D eigenvalue weighted by Crippen LogP contribution is -2.37. The Morgan fingerprint density at radius 1 is 1.38 bits per heavy atom. The summed E-state index contributed by atoms with van der Waals surface area (Å²) < 4.78 is 10.2. The van der Waals surface area contributed by atoms with Gasteiger partial charge in [0.1, 0.15) is 17.8 Å². The smallest absolute Gasteiger partial charge is 0.308 e. The molecule has 1 aliphatic rings. The van der Waals surface area contributed by atoms with Crippen molar-refractivity contribution in [2.24, 2.45) is 5.92 Å². The fourth-order valence-electron chi connectivity index (χ4n) is 2.59. The van der Waals surface area contributed by atoms with Crippen molar-refractivity contribution < 1.29 is 13.9 Å². The fraction of sp³-hybridized carbons (Fsp3) is 0.400. The van der Waals surface area contributed by atoms with Gasteiger partial charge in [-0.15, -0.1) is 0 Å². The average molecular weight is 287 g/mol. The van der Waals surface area contributed by atoms with Gasteiger partial charge in [-0.1, -0.05) is 0 Å². The summed E-state index contributed by atoms with van der Waals surface area (Å²) in [5.41, 5.74) is 0.764. The van der Waals surface area contributed by atoms with E-state index in [4.69, 9.17) is 9.15 Å². The molecule has 2 aromatic rings. The van der Waals surface area contributed by atoms with Crippen molar-refractivity contribution in [2.45, 2.75) is 12.8 Å². The number of esters is 1. The monoisotopic (exact) mass is 287 g/mol. The molecular formula is C15H17N3O3. The van der Waals surface area contributed by atoms with Crippen LogP contribution in [0.25, 0.3) is 11.5 Å². The van der Waals surface area contributed by atoms with Crippen molar-refractivity contribution in [3.63, 3.8) is 0 Å². The molecule has 3 heterocycles. The summed E-state index contributed by atoms with van der Waals surface area (Å²) in [5, 5.41) is 0. The highest BCUT2D eigenvalue weighted by Gasteiger charge is 2.26. The Kier molecular flexibility index (Phi) is 3.85. The maximum atomic E-state index is 11.5. The molecule has 0 unspecified atom stereocenters. The van der Waals surface area contributed by atoms with Gasteiger partial charge in [0, 0.05) is 19.2 Å². The van der Waals surface area contributed by atoms with Crippen molar-refractivity contribution in [1.82, 2.24) is 9.97 Å². The third kappa shape index (κ3) is 2.89. The molecule has 6 heteroatoms. The summed E-state index contributed by atoms with van der Waals surface area (Å²) in [7, 11) is 1.44. The number of carbonyl (C=O) groups is 1. The maximum absolute atomic E-state index is 11.5. The first-order valence-electron chi connectivity index (χ1n) is 6.96. The average Bonchev–Trinajstić information content (AvgIpc) is 3.09. The van der Waals surface area contributed by atoms with Crippen LogP contribution in [0.15, 0.2) is 35.2 Å². The van der Waals surface area contributed by atoms with Gasteiger partial charge in [-0.3, -0.25) is 4.79 Å². The topological polar surface area (TPSA) is 68.5 Å². The Hall–Kier alpha value is -2.37. The van der Waals surface area contributed by atoms with E-state index in [2.05, 4.69) is 14.9 Å². The van der Waals surface area contributed by atoms with E-state index in [1.807, 2.05) is 18.2 Å². The van der Waals surface area contributed by atoms with Crippen molar-refractivity contribution in [2.75, 3.05) is 25.1 Å². The normalized spacial score (nSPS) is 16.0. The second-order valence-electron chi connectivity index (χ2n) is 5.02. The van der Waals surface area contributed by atoms with Gasteiger partial charge in [-0.05, 0) is 25.0 Å². The van der Waals surface area contributed by atoms with Gasteiger partial charge in [0.05, 0.1) is 19.3 Å². The summed E-state index contributed by atoms with van der Waals surface area (Å²) in [4.78, 5) is 22.2. The number of anilines is 1. The van der Waals surface area contributed by atoms with Crippen molar-refractivity contribution >= 4 is 11.8 Å². The van der Waals surface area contributed by atoms with Crippen LogP contribution in [0, 0.1) is 5.92 Å². The molecule has 110 valence electrons. The second-order valence-corrected chi connectivity index (χ2v) is 5.02. The van der Waals surface area contributed by atoms with E-state index in [9.17, 15) is 4.79 Å². The third-order valence-electron chi connectivity index (χ3n) is 3.78. The van der Waals surface area contributed by atoms with Crippen LogP contribution < -0.4 is 4.90 Å². The predicted molar refractivity (Wildman–Crippen MR) is 76.7 cm³/mol. The number of piperidine rings is 1. The van der Waals surface area contributed by atoms with E-state index in [1.54, 1.807) is 12.6 Å². The van der Waals surface area contributed by atoms with Crippen LogP contribution in [0.2, 0.25) is 0 Å². The summed E-state index contributed by atoms with van der Waals surface area (Å²) in [6.45, 7) is 1.57. The maximum Gasteiger partial charge on any atom is 0.308 e. The minimum absolute atomic E-state index is 0.00219. The molecule has 0 radical (unpaired) electrons. The molecule has 1 saturated heterocycles. The summed E-state index contributed by atoms with van der Waals surface area (Å²) in [5.74, 6) is 1.47. The lowest BCUT2D eigenvalue weighted by Gasteiger charge is -2.31. The Bertz CT molecular complexity index is 604. The first kappa shape index (κ1) is 13.6. The van der Waals surface area contributed by atoms with Crippen molar-refractivity contribution in [1.29, 1.82) is 0 Å². The van der Waals surface area contributed by atoms with Crippen LogP contribution in [0.3, 0.4) is 0 Å². The van der Waals surface area contributed by atoms with E-state index >= 15 is 0 Å². The van der Waals surface area contributed by atoms with Gasteiger partial charge < -0.3 is 14.1 Å². The lowest BCUT2D eigenvalue weighted by atomic mass is 9.97. The van der Waals surface area contributed by atoms with E-state index in [-0.39, 0.29) is 11.9 Å². The van der Waals surface area contributed by atoms with E-state index in [0.717, 1.165) is 43.2 Å². The first-order valence-corrected chi connectivity index (χ1v) is 6.96. The van der Waals surface area contributed by atoms with Gasteiger partial charge in [-0.2, -0.15) is 0 Å². The van der Waals surface area contributed by atoms with Crippen LogP contribution >= 0.6 is 0 Å². The first-order chi connectivity index (χ1) is 10.3. The van der Waals surface area contributed by atoms with Crippen molar-refractivity contribution in [3.05, 3.63) is 30.8 Å². The van der Waals surface area contributed by atoms with E-state index in [1.165, 1.54) is 7.11 Å². The lowest BCUT2D eigenvalue weighted by molar-refractivity contribution is -0.146. The third-order valence-corrected chi connectivity index (χ3v) is 3.78. The molecule has 3 rings (SSSR count). The van der Waals surface area contributed by atoms with Crippen LogP contribution in [0.4, 0.5) is 5.82 Å². The Labute approximate surface area is 122 Å². The zero-order valence-electron chi connectivity index (χ0n) is 11.9. The largest absolute Gasteiger partial charge is 0.469 e. The molecule has 2 aromatic heterocycles. The molecule has 0 atom stereocenters. The number of nitrogens with zero attached hydrogens (tertiary/aromatic N) is 3. The number of aromatic nitrogens is 2. The zero-order valence-corrected chi connectivity index (χ0v) is 11.9. The highest BCUT2D eigenvalue weighted by molar-refractivity contribution is 5.72. The highest BCUT2D eigenvalue weighted by atomic mass is 16.5. The summed E-state index contributed by atoms with van der Waals surface area (Å²) >= 11 is 0. The van der Waals surface area contributed by atoms with Crippen LogP contribution in [0.1, 0.15) is 12.8 Å². The van der Waals surface area contributed by atoms with Gasteiger partial charge in [-0.25, -0.2) is 9.97 Å². The van der Waals surface area contributed by atoms with E-state index < -0.39 is 0 Å². The van der Waals surface area contributed by atoms with Gasteiger partial charge >= 0.3 is 5.97 Å². The molecule has 0 aromatic carbocycles. The minimum atomic E-state index is -0.117. The van der Waals surface area contributed by atoms with Gasteiger partial charge in [0.15, 0.2) is 5.76 Å². The summed E-state index contributed by atoms with van der Waals surface area (Å²) in [6, 6.07) is 5.62. The number of methoxy groups -OCH3 is 1. The fourth-order valence-corrected chi connectivity index (χ4v) is 2.59. The van der Waals surface area contributed by atoms with Crippen LogP contribution in [0.5, 0.6) is 0 Å². The highest BCUT2D eigenvalue weighted by Crippen LogP contribution is 2.25. The predicted octanol–water partition coefficient (Wildman–Crippen LogP) is 2.13. The molecule has 0 N–H and O–H groups in total. The Morgan fingerprint density at radius 3 is 2.86 bits per heavy atom. The minimum Gasteiger partial charge on any atom is -0.469 e. The molecular weight excluding hydrogens is 270 g/mol. The number of furan rings is 1. The molecule has 0 saturated carbocycles. The van der Waals surface area contributed by atoms with Crippen molar-refractivity contribution in [3.8, 4) is 11.5 Å². The van der Waals surface area contributed by atoms with E-state index in [0.29, 0.717) is 0 Å². The van der Waals surface area contributed by atoms with Crippen LogP contribution in [-0.2, 0) is 9.53 Å². The quantitative estimate of drug-likeness (QED) is 0.805. The molecule has 21 heavy (non-hydrogen) atoms. The van der Waals surface area contributed by atoms with Gasteiger partial charge in [0.25, 0.3) is 0 Å². The molecule has 0 spiro atoms. The molecule has 1 fully saturated rings. The molecule has 6 nitrogen and oxygen atoms in total. The number of carbonyl (C=O) groups excluding carboxylic acids is 1. The second kappa shape index (κ2) is 5.95. The number of rotatable bonds is 3. The number of hydrogen-bond donors (Lipinski definition) is 0. The standard InChI is InChI=1S/C15H17N3O3/c1-20-15(19)11-4-6-18(7-5-11)14-9-12(16-10-17-14)13-3-2-8-21-13/h2-3,8-11H,4-7H2,1H3. The Morgan fingerprint density at radius 2 is 2.19 bits per heavy atom. The molecule has 0 amide bonds. The van der Waals surface area contributed by atoms with Gasteiger partial charge in [0.2, 0.25) is 0 Å². The SMILES string of the molecule is COC(=O)C1CCN(c2cc(-c3ccco3)ncn2)CC1. The molecule has 1 aliphatic heterocycles. The Balaban J connectivity index is 1.71. The zero-order chi connectivity index (χ0) is 14.7. The molecule has 0 bridgehead atoms. The van der Waals surface area contributed by atoms with Crippen LogP contribution in [-0.4, -0.2) is 36.1 Å². The number of hydrogen-bond acceptors (Lipinski definition) is 6. The summed E-state index contributed by atoms with van der Waals surface area (Å²) in [6.07, 6.45) is 4.73.